The maximum absolute atomic E-state index is 13.8. The van der Waals surface area contributed by atoms with Crippen molar-refractivity contribution in [1.29, 1.82) is 0 Å². The maximum Gasteiger partial charge on any atom is 0.256 e. The SMILES string of the molecule is O=C(NCCc1cc(F)cc(F)c1)C1CCN(C(=O)c2ccc(F)cc2F)CC1. The zero-order valence-electron chi connectivity index (χ0n) is 15.6. The number of benzene rings is 2. The Labute approximate surface area is 165 Å². The van der Waals surface area contributed by atoms with Crippen LogP contribution in [0.4, 0.5) is 17.6 Å². The van der Waals surface area contributed by atoms with Crippen LogP contribution < -0.4 is 5.32 Å². The molecule has 29 heavy (non-hydrogen) atoms. The van der Waals surface area contributed by atoms with Crippen LogP contribution in [0.5, 0.6) is 0 Å². The van der Waals surface area contributed by atoms with E-state index in [1.165, 1.54) is 17.0 Å². The molecule has 154 valence electrons. The van der Waals surface area contributed by atoms with Crippen LogP contribution in [0.1, 0.15) is 28.8 Å². The molecular weight excluding hydrogens is 388 g/mol. The lowest BCUT2D eigenvalue weighted by molar-refractivity contribution is -0.126. The van der Waals surface area contributed by atoms with Gasteiger partial charge in [0.15, 0.2) is 0 Å². The number of hydrogen-bond acceptors (Lipinski definition) is 2. The quantitative estimate of drug-likeness (QED) is 0.771. The number of rotatable bonds is 5. The van der Waals surface area contributed by atoms with Gasteiger partial charge in [0.2, 0.25) is 5.91 Å². The maximum atomic E-state index is 13.8. The van der Waals surface area contributed by atoms with Crippen molar-refractivity contribution < 1.29 is 27.2 Å². The molecule has 0 saturated carbocycles. The zero-order valence-corrected chi connectivity index (χ0v) is 15.6. The minimum atomic E-state index is -0.913. The van der Waals surface area contributed by atoms with Gasteiger partial charge in [-0.3, -0.25) is 9.59 Å². The van der Waals surface area contributed by atoms with Crippen molar-refractivity contribution in [3.8, 4) is 0 Å². The minimum Gasteiger partial charge on any atom is -0.356 e. The first-order valence-corrected chi connectivity index (χ1v) is 9.30. The monoisotopic (exact) mass is 408 g/mol. The number of hydrogen-bond donors (Lipinski definition) is 1. The third kappa shape index (κ3) is 5.34. The predicted octanol–water partition coefficient (Wildman–Crippen LogP) is 3.45. The molecule has 4 nitrogen and oxygen atoms in total. The molecule has 2 aromatic rings. The van der Waals surface area contributed by atoms with Crippen LogP contribution in [0.25, 0.3) is 0 Å². The van der Waals surface area contributed by atoms with Gasteiger partial charge in [0.05, 0.1) is 5.56 Å². The van der Waals surface area contributed by atoms with Crippen molar-refractivity contribution >= 4 is 11.8 Å². The van der Waals surface area contributed by atoms with Crippen molar-refractivity contribution in [3.05, 3.63) is 70.8 Å². The standard InChI is InChI=1S/C21H20F4N2O2/c22-15-1-2-18(19(25)12-15)21(29)27-7-4-14(5-8-27)20(28)26-6-3-13-9-16(23)11-17(24)10-13/h1-2,9-12,14H,3-8H2,(H,26,28). The average molecular weight is 408 g/mol. The summed E-state index contributed by atoms with van der Waals surface area (Å²) in [5.41, 5.74) is 0.251. The van der Waals surface area contributed by atoms with Gasteiger partial charge < -0.3 is 10.2 Å². The number of piperidine rings is 1. The van der Waals surface area contributed by atoms with E-state index in [9.17, 15) is 27.2 Å². The van der Waals surface area contributed by atoms with Gasteiger partial charge in [0, 0.05) is 37.7 Å². The predicted molar refractivity (Wildman–Crippen MR) is 98.1 cm³/mol. The van der Waals surface area contributed by atoms with Crippen molar-refractivity contribution in [2.75, 3.05) is 19.6 Å². The molecule has 1 fully saturated rings. The number of halogens is 4. The highest BCUT2D eigenvalue weighted by atomic mass is 19.1. The van der Waals surface area contributed by atoms with E-state index in [4.69, 9.17) is 0 Å². The second kappa shape index (κ2) is 9.07. The molecule has 0 spiro atoms. The molecule has 1 heterocycles. The first-order valence-electron chi connectivity index (χ1n) is 9.30. The molecule has 3 rings (SSSR count). The molecule has 8 heteroatoms. The smallest absolute Gasteiger partial charge is 0.256 e. The Bertz CT molecular complexity index is 891. The number of carbonyl (C=O) groups excluding carboxylic acids is 2. The molecule has 0 aliphatic carbocycles. The van der Waals surface area contributed by atoms with Crippen LogP contribution in [-0.4, -0.2) is 36.3 Å². The number of carbonyl (C=O) groups is 2. The first kappa shape index (κ1) is 20.8. The van der Waals surface area contributed by atoms with Crippen molar-refractivity contribution in [2.45, 2.75) is 19.3 Å². The van der Waals surface area contributed by atoms with Gasteiger partial charge in [-0.15, -0.1) is 0 Å². The van der Waals surface area contributed by atoms with Crippen LogP contribution in [0.15, 0.2) is 36.4 Å². The summed E-state index contributed by atoms with van der Waals surface area (Å²) in [4.78, 5) is 26.1. The van der Waals surface area contributed by atoms with E-state index in [1.54, 1.807) is 0 Å². The Morgan fingerprint density at radius 1 is 0.931 bits per heavy atom. The second-order valence-electron chi connectivity index (χ2n) is 7.01. The van der Waals surface area contributed by atoms with Crippen molar-refractivity contribution in [3.63, 3.8) is 0 Å². The normalized spacial score (nSPS) is 14.7. The molecule has 0 radical (unpaired) electrons. The molecule has 2 aromatic carbocycles. The van der Waals surface area contributed by atoms with Gasteiger partial charge >= 0.3 is 0 Å². The summed E-state index contributed by atoms with van der Waals surface area (Å²) in [6.07, 6.45) is 1.12. The van der Waals surface area contributed by atoms with E-state index in [0.717, 1.165) is 18.2 Å². The first-order chi connectivity index (χ1) is 13.8. The number of amides is 2. The fraction of sp³-hybridized carbons (Fsp3) is 0.333. The molecular formula is C21H20F4N2O2. The topological polar surface area (TPSA) is 49.4 Å². The summed E-state index contributed by atoms with van der Waals surface area (Å²) >= 11 is 0. The average Bonchev–Trinajstić information content (AvgIpc) is 2.67. The van der Waals surface area contributed by atoms with E-state index in [-0.39, 0.29) is 37.0 Å². The third-order valence-corrected chi connectivity index (χ3v) is 4.95. The fourth-order valence-electron chi connectivity index (χ4n) is 3.41. The number of nitrogens with zero attached hydrogens (tertiary/aromatic N) is 1. The molecule has 0 aromatic heterocycles. The van der Waals surface area contributed by atoms with Crippen LogP contribution in [0, 0.1) is 29.2 Å². The van der Waals surface area contributed by atoms with Gasteiger partial charge in [-0.2, -0.15) is 0 Å². The molecule has 0 unspecified atom stereocenters. The highest BCUT2D eigenvalue weighted by molar-refractivity contribution is 5.94. The Morgan fingerprint density at radius 2 is 1.59 bits per heavy atom. The molecule has 1 aliphatic heterocycles. The van der Waals surface area contributed by atoms with Crippen LogP contribution in [-0.2, 0) is 11.2 Å². The van der Waals surface area contributed by atoms with Crippen molar-refractivity contribution in [1.82, 2.24) is 10.2 Å². The second-order valence-corrected chi connectivity index (χ2v) is 7.01. The van der Waals surface area contributed by atoms with E-state index >= 15 is 0 Å². The van der Waals surface area contributed by atoms with Gasteiger partial charge in [-0.1, -0.05) is 0 Å². The summed E-state index contributed by atoms with van der Waals surface area (Å²) in [5, 5.41) is 2.74. The molecule has 1 aliphatic rings. The molecule has 1 saturated heterocycles. The fourth-order valence-corrected chi connectivity index (χ4v) is 3.41. The Kier molecular flexibility index (Phi) is 6.51. The molecule has 2 amide bonds. The largest absolute Gasteiger partial charge is 0.356 e. The summed E-state index contributed by atoms with van der Waals surface area (Å²) < 4.78 is 53.1. The number of nitrogens with one attached hydrogen (secondary N) is 1. The van der Waals surface area contributed by atoms with Crippen LogP contribution in [0.2, 0.25) is 0 Å². The van der Waals surface area contributed by atoms with E-state index in [0.29, 0.717) is 30.9 Å². The van der Waals surface area contributed by atoms with E-state index < -0.39 is 29.2 Å². The molecule has 1 N–H and O–H groups in total. The highest BCUT2D eigenvalue weighted by Crippen LogP contribution is 2.21. The lowest BCUT2D eigenvalue weighted by Gasteiger charge is -2.31. The molecule has 0 bridgehead atoms. The summed E-state index contributed by atoms with van der Waals surface area (Å²) in [5.74, 6) is -4.03. The Balaban J connectivity index is 1.47. The Hall–Kier alpha value is -2.90. The third-order valence-electron chi connectivity index (χ3n) is 4.95. The van der Waals surface area contributed by atoms with Crippen molar-refractivity contribution in [2.24, 2.45) is 5.92 Å². The van der Waals surface area contributed by atoms with Gasteiger partial charge in [-0.05, 0) is 49.1 Å². The van der Waals surface area contributed by atoms with Gasteiger partial charge in [0.25, 0.3) is 5.91 Å². The summed E-state index contributed by atoms with van der Waals surface area (Å²) in [7, 11) is 0. The van der Waals surface area contributed by atoms with Gasteiger partial charge in [0.1, 0.15) is 23.3 Å². The van der Waals surface area contributed by atoms with E-state index in [2.05, 4.69) is 5.32 Å². The van der Waals surface area contributed by atoms with Gasteiger partial charge in [-0.25, -0.2) is 17.6 Å². The molecule has 0 atom stereocenters. The Morgan fingerprint density at radius 3 is 2.21 bits per heavy atom. The zero-order chi connectivity index (χ0) is 21.0. The lowest BCUT2D eigenvalue weighted by atomic mass is 9.95. The minimum absolute atomic E-state index is 0.193. The number of likely N-dealkylation sites (tertiary alicyclic amines) is 1. The highest BCUT2D eigenvalue weighted by Gasteiger charge is 2.28. The van der Waals surface area contributed by atoms with E-state index in [1.807, 2.05) is 0 Å². The summed E-state index contributed by atoms with van der Waals surface area (Å²) in [6, 6.07) is 6.02. The lowest BCUT2D eigenvalue weighted by Crippen LogP contribution is -2.43. The van der Waals surface area contributed by atoms with Crippen LogP contribution >= 0.6 is 0 Å². The van der Waals surface area contributed by atoms with Crippen LogP contribution in [0.3, 0.4) is 0 Å². The summed E-state index contributed by atoms with van der Waals surface area (Å²) in [6.45, 7) is 0.799.